The lowest BCUT2D eigenvalue weighted by atomic mass is 10.1. The van der Waals surface area contributed by atoms with E-state index < -0.39 is 6.10 Å². The molecule has 8 N–H and O–H groups in total. The Balaban J connectivity index is 1.75. The molecular weight excluding hydrogens is 412 g/mol. The van der Waals surface area contributed by atoms with Crippen LogP contribution in [0.5, 0.6) is 5.75 Å². The molecule has 1 aromatic heterocycles. The van der Waals surface area contributed by atoms with Gasteiger partial charge in [0.2, 0.25) is 11.1 Å². The molecule has 1 aromatic carbocycles. The predicted octanol–water partition coefficient (Wildman–Crippen LogP) is 0.737. The number of rotatable bonds is 9. The van der Waals surface area contributed by atoms with Crippen LogP contribution in [-0.4, -0.2) is 46.0 Å². The first-order valence-electron chi connectivity index (χ1n) is 8.50. The summed E-state index contributed by atoms with van der Waals surface area (Å²) in [7, 11) is 0. The lowest BCUT2D eigenvalue weighted by molar-refractivity contribution is 0.186. The smallest absolute Gasteiger partial charge is 0.212 e. The van der Waals surface area contributed by atoms with E-state index in [0.29, 0.717) is 23.0 Å². The third kappa shape index (κ3) is 8.26. The standard InChI is InChI=1S/C17H22N8O2S2/c18-10-23-16(22-7-14(27)11-2-1-3-13(26)6-11)21-4-5-28-8-12-9-29-17(24-12)25-15(19)20/h1-3,6,9,14,26-27H,4-5,7-8H2,(H2,21,22,23)(H4,19,20,24,25). The zero-order chi connectivity index (χ0) is 21.1. The lowest BCUT2D eigenvalue weighted by Gasteiger charge is -2.11. The van der Waals surface area contributed by atoms with Crippen molar-refractivity contribution in [3.05, 3.63) is 40.9 Å². The van der Waals surface area contributed by atoms with E-state index in [2.05, 4.69) is 25.6 Å². The molecule has 0 saturated heterocycles. The van der Waals surface area contributed by atoms with Crippen molar-refractivity contribution in [2.75, 3.05) is 18.8 Å². The molecule has 1 atom stereocenters. The van der Waals surface area contributed by atoms with Crippen molar-refractivity contribution in [2.45, 2.75) is 11.9 Å². The number of nitrogens with two attached hydrogens (primary N) is 2. The van der Waals surface area contributed by atoms with Gasteiger partial charge in [0.05, 0.1) is 18.3 Å². The Kier molecular flexibility index (Phi) is 9.03. The Morgan fingerprint density at radius 1 is 1.41 bits per heavy atom. The largest absolute Gasteiger partial charge is 0.508 e. The number of aromatic hydroxyl groups is 1. The monoisotopic (exact) mass is 434 g/mol. The number of phenols is 1. The number of aliphatic hydroxyl groups excluding tert-OH is 1. The summed E-state index contributed by atoms with van der Waals surface area (Å²) in [6.45, 7) is 0.602. The van der Waals surface area contributed by atoms with Crippen LogP contribution in [-0.2, 0) is 5.75 Å². The third-order valence-corrected chi connectivity index (χ3v) is 5.18. The van der Waals surface area contributed by atoms with Gasteiger partial charge in [-0.25, -0.2) is 9.98 Å². The van der Waals surface area contributed by atoms with Gasteiger partial charge in [0.25, 0.3) is 0 Å². The van der Waals surface area contributed by atoms with Gasteiger partial charge < -0.3 is 27.0 Å². The number of thiazole rings is 1. The van der Waals surface area contributed by atoms with Gasteiger partial charge in [-0.05, 0) is 17.7 Å². The summed E-state index contributed by atoms with van der Waals surface area (Å²) >= 11 is 3.02. The maximum absolute atomic E-state index is 10.2. The zero-order valence-corrected chi connectivity index (χ0v) is 17.1. The Labute approximate surface area is 176 Å². The average molecular weight is 435 g/mol. The minimum Gasteiger partial charge on any atom is -0.508 e. The molecule has 0 saturated carbocycles. The Bertz CT molecular complexity index is 890. The SMILES string of the molecule is N#CN/C(=N\CC(O)c1cccc(O)c1)NCCSCc1csc(N=C(N)N)n1. The first-order chi connectivity index (χ1) is 14.0. The summed E-state index contributed by atoms with van der Waals surface area (Å²) in [6, 6.07) is 6.33. The second-order valence-corrected chi connectivity index (χ2v) is 7.62. The molecule has 12 heteroatoms. The van der Waals surface area contributed by atoms with Crippen molar-refractivity contribution in [2.24, 2.45) is 21.5 Å². The summed E-state index contributed by atoms with van der Waals surface area (Å²) in [4.78, 5) is 12.4. The highest BCUT2D eigenvalue weighted by Gasteiger charge is 2.08. The van der Waals surface area contributed by atoms with Crippen molar-refractivity contribution in [3.63, 3.8) is 0 Å². The molecule has 29 heavy (non-hydrogen) atoms. The van der Waals surface area contributed by atoms with Gasteiger partial charge in [-0.1, -0.05) is 12.1 Å². The van der Waals surface area contributed by atoms with Crippen LogP contribution < -0.4 is 22.1 Å². The second kappa shape index (κ2) is 11.7. The molecular formula is C17H22N8O2S2. The molecule has 0 fully saturated rings. The highest BCUT2D eigenvalue weighted by molar-refractivity contribution is 7.98. The molecule has 1 unspecified atom stereocenters. The summed E-state index contributed by atoms with van der Waals surface area (Å²) in [5, 5.41) is 36.4. The topological polar surface area (TPSA) is 178 Å². The quantitative estimate of drug-likeness (QED) is 0.109. The number of nitrogens with one attached hydrogen (secondary N) is 2. The van der Waals surface area contributed by atoms with Crippen LogP contribution in [0.15, 0.2) is 39.6 Å². The Hall–Kier alpha value is -3.01. The zero-order valence-electron chi connectivity index (χ0n) is 15.4. The molecule has 2 aromatic rings. The lowest BCUT2D eigenvalue weighted by Crippen LogP contribution is -2.36. The minimum atomic E-state index is -0.891. The van der Waals surface area contributed by atoms with Crippen LogP contribution in [0, 0.1) is 11.5 Å². The number of thioether (sulfide) groups is 1. The van der Waals surface area contributed by atoms with Gasteiger partial charge in [-0.2, -0.15) is 22.0 Å². The predicted molar refractivity (Wildman–Crippen MR) is 116 cm³/mol. The van der Waals surface area contributed by atoms with E-state index in [4.69, 9.17) is 16.7 Å². The van der Waals surface area contributed by atoms with E-state index in [0.717, 1.165) is 11.4 Å². The Morgan fingerprint density at radius 3 is 2.97 bits per heavy atom. The van der Waals surface area contributed by atoms with Crippen LogP contribution in [0.4, 0.5) is 5.13 Å². The molecule has 0 spiro atoms. The number of hydrogen-bond acceptors (Lipinski definition) is 8. The molecule has 0 amide bonds. The van der Waals surface area contributed by atoms with Crippen LogP contribution in [0.25, 0.3) is 0 Å². The number of aliphatic hydroxyl groups is 1. The maximum atomic E-state index is 10.2. The summed E-state index contributed by atoms with van der Waals surface area (Å²) in [5.41, 5.74) is 12.1. The average Bonchev–Trinajstić information content (AvgIpc) is 3.12. The van der Waals surface area contributed by atoms with Crippen molar-refractivity contribution in [1.29, 1.82) is 5.26 Å². The molecule has 154 valence electrons. The number of aliphatic imine (C=N–C) groups is 2. The van der Waals surface area contributed by atoms with Crippen molar-refractivity contribution in [1.82, 2.24) is 15.6 Å². The summed E-state index contributed by atoms with van der Waals surface area (Å²) < 4.78 is 0. The Morgan fingerprint density at radius 2 is 2.24 bits per heavy atom. The number of benzene rings is 1. The maximum Gasteiger partial charge on any atom is 0.212 e. The fourth-order valence-corrected chi connectivity index (χ4v) is 3.71. The summed E-state index contributed by atoms with van der Waals surface area (Å²) in [6.07, 6.45) is 0.921. The van der Waals surface area contributed by atoms with Crippen LogP contribution in [0.1, 0.15) is 17.4 Å². The van der Waals surface area contributed by atoms with Crippen molar-refractivity contribution >= 4 is 40.1 Å². The van der Waals surface area contributed by atoms with Gasteiger partial charge in [-0.3, -0.25) is 5.32 Å². The normalized spacial score (nSPS) is 12.1. The fraction of sp³-hybridized carbons (Fsp3) is 0.294. The molecule has 10 nitrogen and oxygen atoms in total. The number of guanidine groups is 2. The number of aromatic nitrogens is 1. The molecule has 0 aliphatic heterocycles. The van der Waals surface area contributed by atoms with E-state index in [1.54, 1.807) is 23.9 Å². The van der Waals surface area contributed by atoms with E-state index in [9.17, 15) is 10.2 Å². The van der Waals surface area contributed by atoms with Crippen molar-refractivity contribution in [3.8, 4) is 11.9 Å². The van der Waals surface area contributed by atoms with E-state index in [1.807, 2.05) is 11.6 Å². The number of nitriles is 1. The number of nitrogens with zero attached hydrogens (tertiary/aromatic N) is 4. The highest BCUT2D eigenvalue weighted by atomic mass is 32.2. The first-order valence-corrected chi connectivity index (χ1v) is 10.5. The molecule has 2 rings (SSSR count). The molecule has 0 aliphatic carbocycles. The van der Waals surface area contributed by atoms with Gasteiger partial charge in [0.1, 0.15) is 5.75 Å². The third-order valence-electron chi connectivity index (χ3n) is 3.40. The number of hydrogen-bond donors (Lipinski definition) is 6. The molecule has 1 heterocycles. The van der Waals surface area contributed by atoms with E-state index in [1.165, 1.54) is 23.5 Å². The molecule has 0 bridgehead atoms. The van der Waals surface area contributed by atoms with E-state index in [-0.39, 0.29) is 24.2 Å². The molecule has 0 radical (unpaired) electrons. The van der Waals surface area contributed by atoms with Gasteiger partial charge in [0, 0.05) is 23.4 Å². The summed E-state index contributed by atoms with van der Waals surface area (Å²) in [5.74, 6) is 1.77. The van der Waals surface area contributed by atoms with Gasteiger partial charge in [-0.15, -0.1) is 11.3 Å². The van der Waals surface area contributed by atoms with Crippen LogP contribution in [0.3, 0.4) is 0 Å². The second-order valence-electron chi connectivity index (χ2n) is 5.67. The minimum absolute atomic E-state index is 0.0197. The number of phenolic OH excluding ortho intramolecular Hbond substituents is 1. The first kappa shape index (κ1) is 22.3. The van der Waals surface area contributed by atoms with E-state index >= 15 is 0 Å². The van der Waals surface area contributed by atoms with Crippen LogP contribution >= 0.6 is 23.1 Å². The van der Waals surface area contributed by atoms with Gasteiger partial charge >= 0.3 is 0 Å². The van der Waals surface area contributed by atoms with Crippen LogP contribution in [0.2, 0.25) is 0 Å². The highest BCUT2D eigenvalue weighted by Crippen LogP contribution is 2.21. The van der Waals surface area contributed by atoms with Gasteiger partial charge in [0.15, 0.2) is 12.2 Å². The van der Waals surface area contributed by atoms with Crippen molar-refractivity contribution < 1.29 is 10.2 Å². The molecule has 0 aliphatic rings. The fourth-order valence-electron chi connectivity index (χ4n) is 2.15.